The van der Waals surface area contributed by atoms with Crippen LogP contribution in [0.15, 0.2) is 18.2 Å². The van der Waals surface area contributed by atoms with Crippen LogP contribution >= 0.6 is 11.3 Å². The second-order valence-electron chi connectivity index (χ2n) is 2.97. The van der Waals surface area contributed by atoms with Gasteiger partial charge in [-0.25, -0.2) is 0 Å². The molecule has 0 aliphatic carbocycles. The van der Waals surface area contributed by atoms with Crippen molar-refractivity contribution in [3.8, 4) is 11.1 Å². The van der Waals surface area contributed by atoms with Crippen LogP contribution in [0.5, 0.6) is 5.06 Å². The number of nitrogens with zero attached hydrogens (tertiary/aromatic N) is 1. The summed E-state index contributed by atoms with van der Waals surface area (Å²) in [5, 5.41) is 19.0. The highest BCUT2D eigenvalue weighted by atomic mass is 32.1. The molecule has 0 amide bonds. The third-order valence-corrected chi connectivity index (χ3v) is 2.99. The lowest BCUT2D eigenvalue weighted by Crippen LogP contribution is -1.92. The van der Waals surface area contributed by atoms with E-state index < -0.39 is 0 Å². The summed E-state index contributed by atoms with van der Waals surface area (Å²) in [4.78, 5) is 0. The first-order valence-corrected chi connectivity index (χ1v) is 4.91. The van der Waals surface area contributed by atoms with Gasteiger partial charge in [0.25, 0.3) is 0 Å². The highest BCUT2D eigenvalue weighted by Gasteiger charge is 2.07. The smallest absolute Gasteiger partial charge is 0.172 e. The summed E-state index contributed by atoms with van der Waals surface area (Å²) >= 11 is 1.29. The normalized spacial score (nSPS) is 10.2. The number of benzene rings is 1. The fourth-order valence-corrected chi connectivity index (χ4v) is 2.22. The predicted molar refractivity (Wildman–Crippen MR) is 57.2 cm³/mol. The van der Waals surface area contributed by atoms with Crippen molar-refractivity contribution >= 4 is 27.1 Å². The van der Waals surface area contributed by atoms with Crippen molar-refractivity contribution in [2.24, 2.45) is 0 Å². The number of aromatic hydroxyl groups is 1. The summed E-state index contributed by atoms with van der Waals surface area (Å²) in [7, 11) is 0. The maximum atomic E-state index is 9.30. The van der Waals surface area contributed by atoms with Crippen molar-refractivity contribution < 1.29 is 5.11 Å². The van der Waals surface area contributed by atoms with Crippen LogP contribution in [-0.2, 0) is 6.42 Å². The third-order valence-electron chi connectivity index (χ3n) is 2.09. The van der Waals surface area contributed by atoms with Gasteiger partial charge in [-0.3, -0.25) is 0 Å². The van der Waals surface area contributed by atoms with Crippen molar-refractivity contribution in [3.05, 3.63) is 23.8 Å². The number of rotatable bonds is 1. The zero-order valence-corrected chi connectivity index (χ0v) is 8.14. The number of nitrogen functional groups attached to an aromatic ring is 1. The lowest BCUT2D eigenvalue weighted by molar-refractivity contribution is 0.491. The molecule has 2 rings (SSSR count). The van der Waals surface area contributed by atoms with Gasteiger partial charge in [0.1, 0.15) is 0 Å². The van der Waals surface area contributed by atoms with Gasteiger partial charge in [0, 0.05) is 21.8 Å². The number of thiophene rings is 1. The lowest BCUT2D eigenvalue weighted by atomic mass is 10.1. The number of nitrogens with two attached hydrogens (primary N) is 1. The summed E-state index contributed by atoms with van der Waals surface area (Å²) in [6.07, 6.45) is 0.304. The molecule has 1 heterocycles. The Labute approximate surface area is 85.0 Å². The van der Waals surface area contributed by atoms with Crippen LogP contribution in [0.2, 0.25) is 0 Å². The van der Waals surface area contributed by atoms with Crippen molar-refractivity contribution in [3.63, 3.8) is 0 Å². The molecule has 0 bridgehead atoms. The Morgan fingerprint density at radius 2 is 2.29 bits per heavy atom. The zero-order chi connectivity index (χ0) is 10.1. The zero-order valence-electron chi connectivity index (χ0n) is 7.32. The van der Waals surface area contributed by atoms with E-state index in [1.54, 1.807) is 6.07 Å². The Morgan fingerprint density at radius 1 is 1.50 bits per heavy atom. The fraction of sp³-hybridized carbons (Fsp3) is 0.100. The van der Waals surface area contributed by atoms with Crippen LogP contribution in [0.25, 0.3) is 10.1 Å². The fourth-order valence-electron chi connectivity index (χ4n) is 1.40. The SMILES string of the molecule is N#CCc1ccc2sc(O)cc2c1N. The van der Waals surface area contributed by atoms with E-state index in [-0.39, 0.29) is 5.06 Å². The van der Waals surface area contributed by atoms with Gasteiger partial charge in [0.15, 0.2) is 5.06 Å². The average Bonchev–Trinajstić information content (AvgIpc) is 2.52. The molecular formula is C10H8N2OS. The van der Waals surface area contributed by atoms with Crippen molar-refractivity contribution in [2.75, 3.05) is 5.73 Å². The summed E-state index contributed by atoms with van der Waals surface area (Å²) < 4.78 is 0.946. The van der Waals surface area contributed by atoms with Crippen LogP contribution in [0, 0.1) is 11.3 Å². The molecule has 0 radical (unpaired) electrons. The van der Waals surface area contributed by atoms with E-state index in [9.17, 15) is 5.11 Å². The Morgan fingerprint density at radius 3 is 3.00 bits per heavy atom. The van der Waals surface area contributed by atoms with Crippen LogP contribution in [-0.4, -0.2) is 5.11 Å². The first-order valence-electron chi connectivity index (χ1n) is 4.09. The Balaban J connectivity index is 2.69. The molecule has 70 valence electrons. The topological polar surface area (TPSA) is 70.0 Å². The van der Waals surface area contributed by atoms with E-state index in [2.05, 4.69) is 6.07 Å². The van der Waals surface area contributed by atoms with Crippen molar-refractivity contribution in [1.29, 1.82) is 5.26 Å². The van der Waals surface area contributed by atoms with E-state index >= 15 is 0 Å². The molecule has 2 aromatic rings. The first kappa shape index (κ1) is 8.85. The first-order chi connectivity index (χ1) is 6.72. The number of fused-ring (bicyclic) bond motifs is 1. The third kappa shape index (κ3) is 1.28. The summed E-state index contributed by atoms with van der Waals surface area (Å²) in [5.41, 5.74) is 7.28. The largest absolute Gasteiger partial charge is 0.499 e. The lowest BCUT2D eigenvalue weighted by Gasteiger charge is -2.01. The molecule has 4 heteroatoms. The standard InChI is InChI=1S/C10H8N2OS/c11-4-3-6-1-2-8-7(10(6)12)5-9(13)14-8/h1-2,5,13H,3,12H2. The van der Waals surface area contributed by atoms with Gasteiger partial charge in [0.2, 0.25) is 0 Å². The molecule has 3 N–H and O–H groups in total. The van der Waals surface area contributed by atoms with E-state index in [1.807, 2.05) is 12.1 Å². The second-order valence-corrected chi connectivity index (χ2v) is 4.03. The molecule has 14 heavy (non-hydrogen) atoms. The highest BCUT2D eigenvalue weighted by Crippen LogP contribution is 2.35. The van der Waals surface area contributed by atoms with Gasteiger partial charge < -0.3 is 10.8 Å². The minimum Gasteiger partial charge on any atom is -0.499 e. The van der Waals surface area contributed by atoms with E-state index in [1.165, 1.54) is 11.3 Å². The average molecular weight is 204 g/mol. The van der Waals surface area contributed by atoms with Gasteiger partial charge >= 0.3 is 0 Å². The van der Waals surface area contributed by atoms with Crippen molar-refractivity contribution in [2.45, 2.75) is 6.42 Å². The van der Waals surface area contributed by atoms with Crippen LogP contribution in [0.3, 0.4) is 0 Å². The highest BCUT2D eigenvalue weighted by molar-refractivity contribution is 7.20. The quantitative estimate of drug-likeness (QED) is 0.700. The summed E-state index contributed by atoms with van der Waals surface area (Å²) in [5.74, 6) is 0. The molecule has 0 aliphatic rings. The van der Waals surface area contributed by atoms with Gasteiger partial charge in [-0.15, -0.1) is 0 Å². The van der Waals surface area contributed by atoms with E-state index in [0.717, 1.165) is 15.6 Å². The summed E-state index contributed by atoms with van der Waals surface area (Å²) in [6.45, 7) is 0. The number of nitriles is 1. The van der Waals surface area contributed by atoms with E-state index in [4.69, 9.17) is 11.0 Å². The molecule has 0 unspecified atom stereocenters. The summed E-state index contributed by atoms with van der Waals surface area (Å²) in [6, 6.07) is 7.40. The predicted octanol–water partition coefficient (Wildman–Crippen LogP) is 2.26. The molecule has 0 spiro atoms. The molecule has 0 aliphatic heterocycles. The van der Waals surface area contributed by atoms with Gasteiger partial charge in [-0.1, -0.05) is 17.4 Å². The van der Waals surface area contributed by atoms with Crippen LogP contribution in [0.4, 0.5) is 5.69 Å². The van der Waals surface area contributed by atoms with Crippen LogP contribution < -0.4 is 5.73 Å². The molecule has 0 saturated carbocycles. The Kier molecular flexibility index (Phi) is 2.02. The van der Waals surface area contributed by atoms with Gasteiger partial charge in [-0.05, 0) is 11.6 Å². The van der Waals surface area contributed by atoms with E-state index in [0.29, 0.717) is 12.1 Å². The van der Waals surface area contributed by atoms with Crippen molar-refractivity contribution in [1.82, 2.24) is 0 Å². The number of hydrogen-bond donors (Lipinski definition) is 2. The molecular weight excluding hydrogens is 196 g/mol. The minimum atomic E-state index is 0.251. The monoisotopic (exact) mass is 204 g/mol. The van der Waals surface area contributed by atoms with Gasteiger partial charge in [0.05, 0.1) is 12.5 Å². The van der Waals surface area contributed by atoms with Gasteiger partial charge in [-0.2, -0.15) is 5.26 Å². The molecule has 3 nitrogen and oxygen atoms in total. The maximum Gasteiger partial charge on any atom is 0.172 e. The molecule has 1 aromatic heterocycles. The second kappa shape index (κ2) is 3.20. The molecule has 0 fully saturated rings. The Hall–Kier alpha value is -1.73. The Bertz CT molecular complexity index is 525. The minimum absolute atomic E-state index is 0.251. The maximum absolute atomic E-state index is 9.30. The molecule has 0 atom stereocenters. The molecule has 1 aromatic carbocycles. The number of anilines is 1. The van der Waals surface area contributed by atoms with Crippen LogP contribution in [0.1, 0.15) is 5.56 Å². The molecule has 0 saturated heterocycles. The number of hydrogen-bond acceptors (Lipinski definition) is 4.